The summed E-state index contributed by atoms with van der Waals surface area (Å²) < 4.78 is 7.34. The molecule has 1 aliphatic rings. The Balaban J connectivity index is 1.95. The highest BCUT2D eigenvalue weighted by Crippen LogP contribution is 2.17. The lowest BCUT2D eigenvalue weighted by atomic mass is 10.1. The summed E-state index contributed by atoms with van der Waals surface area (Å²) in [5, 5.41) is 12.9. The van der Waals surface area contributed by atoms with Gasteiger partial charge in [-0.15, -0.1) is 0 Å². The van der Waals surface area contributed by atoms with Crippen LogP contribution in [0.2, 0.25) is 0 Å². The van der Waals surface area contributed by atoms with Crippen molar-refractivity contribution in [3.8, 4) is 5.88 Å². The molecule has 1 aromatic heterocycles. The van der Waals surface area contributed by atoms with E-state index in [2.05, 4.69) is 5.10 Å². The van der Waals surface area contributed by atoms with E-state index in [0.29, 0.717) is 19.0 Å². The van der Waals surface area contributed by atoms with E-state index in [-0.39, 0.29) is 6.10 Å². The highest BCUT2D eigenvalue weighted by Gasteiger charge is 2.24. The molecule has 1 atom stereocenters. The molecule has 6 heteroatoms. The van der Waals surface area contributed by atoms with Crippen LogP contribution in [0.5, 0.6) is 5.88 Å². The van der Waals surface area contributed by atoms with Crippen molar-refractivity contribution in [3.63, 3.8) is 0 Å². The largest absolute Gasteiger partial charge is 0.473 e. The van der Waals surface area contributed by atoms with E-state index >= 15 is 0 Å². The van der Waals surface area contributed by atoms with Gasteiger partial charge in [0, 0.05) is 19.7 Å². The first-order valence-electron chi connectivity index (χ1n) is 5.29. The number of aromatic nitrogens is 2. The van der Waals surface area contributed by atoms with Gasteiger partial charge < -0.3 is 14.7 Å². The molecule has 1 aliphatic heterocycles. The first-order valence-corrected chi connectivity index (χ1v) is 5.29. The molecule has 6 nitrogen and oxygen atoms in total. The summed E-state index contributed by atoms with van der Waals surface area (Å²) in [4.78, 5) is 12.2. The second-order valence-corrected chi connectivity index (χ2v) is 3.90. The van der Waals surface area contributed by atoms with Crippen LogP contribution in [-0.4, -0.2) is 45.1 Å². The van der Waals surface area contributed by atoms with Crippen LogP contribution < -0.4 is 4.74 Å². The summed E-state index contributed by atoms with van der Waals surface area (Å²) >= 11 is 0. The van der Waals surface area contributed by atoms with Crippen LogP contribution in [0.15, 0.2) is 12.3 Å². The fourth-order valence-electron chi connectivity index (χ4n) is 1.86. The van der Waals surface area contributed by atoms with E-state index in [1.807, 2.05) is 0 Å². The van der Waals surface area contributed by atoms with Crippen LogP contribution in [0.3, 0.4) is 0 Å². The Hall–Kier alpha value is -1.72. The van der Waals surface area contributed by atoms with E-state index in [9.17, 15) is 4.79 Å². The van der Waals surface area contributed by atoms with Gasteiger partial charge in [-0.1, -0.05) is 0 Å². The van der Waals surface area contributed by atoms with Crippen LogP contribution >= 0.6 is 0 Å². The molecule has 0 unspecified atom stereocenters. The average molecular weight is 225 g/mol. The van der Waals surface area contributed by atoms with Gasteiger partial charge in [0.25, 0.3) is 0 Å². The molecular weight excluding hydrogens is 210 g/mol. The van der Waals surface area contributed by atoms with E-state index in [1.54, 1.807) is 24.0 Å². The van der Waals surface area contributed by atoms with Crippen LogP contribution in [0.4, 0.5) is 4.79 Å². The number of carbonyl (C=O) groups is 1. The Bertz CT molecular complexity index is 377. The van der Waals surface area contributed by atoms with Gasteiger partial charge in [-0.05, 0) is 12.8 Å². The molecule has 1 saturated heterocycles. The zero-order valence-electron chi connectivity index (χ0n) is 9.17. The van der Waals surface area contributed by atoms with Crippen molar-refractivity contribution in [1.82, 2.24) is 14.7 Å². The molecule has 0 aliphatic carbocycles. The van der Waals surface area contributed by atoms with Crippen molar-refractivity contribution in [2.45, 2.75) is 18.9 Å². The molecule has 1 fully saturated rings. The Kier molecular flexibility index (Phi) is 2.98. The lowest BCUT2D eigenvalue weighted by Gasteiger charge is -2.30. The van der Waals surface area contributed by atoms with Crippen molar-refractivity contribution >= 4 is 6.09 Å². The monoisotopic (exact) mass is 225 g/mol. The molecule has 0 bridgehead atoms. The van der Waals surface area contributed by atoms with Gasteiger partial charge in [0.1, 0.15) is 6.10 Å². The summed E-state index contributed by atoms with van der Waals surface area (Å²) in [6, 6.07) is 1.78. The quantitative estimate of drug-likeness (QED) is 0.813. The maximum Gasteiger partial charge on any atom is 0.407 e. The van der Waals surface area contributed by atoms with Gasteiger partial charge in [-0.2, -0.15) is 5.10 Å². The van der Waals surface area contributed by atoms with Gasteiger partial charge in [0.15, 0.2) is 0 Å². The summed E-state index contributed by atoms with van der Waals surface area (Å²) in [7, 11) is 1.80. The van der Waals surface area contributed by atoms with Gasteiger partial charge >= 0.3 is 6.09 Å². The topological polar surface area (TPSA) is 67.6 Å². The zero-order chi connectivity index (χ0) is 11.5. The fraction of sp³-hybridized carbons (Fsp3) is 0.600. The van der Waals surface area contributed by atoms with Gasteiger partial charge in [0.05, 0.1) is 12.7 Å². The third-order valence-corrected chi connectivity index (χ3v) is 2.71. The summed E-state index contributed by atoms with van der Waals surface area (Å²) in [5.74, 6) is 0.678. The minimum atomic E-state index is -0.877. The zero-order valence-corrected chi connectivity index (χ0v) is 9.17. The maximum absolute atomic E-state index is 10.8. The lowest BCUT2D eigenvalue weighted by Crippen LogP contribution is -2.43. The third kappa shape index (κ3) is 2.26. The van der Waals surface area contributed by atoms with E-state index in [4.69, 9.17) is 9.84 Å². The molecule has 1 amide bonds. The number of piperidine rings is 1. The Morgan fingerprint density at radius 2 is 2.50 bits per heavy atom. The molecule has 0 aromatic carbocycles. The van der Waals surface area contributed by atoms with Crippen molar-refractivity contribution in [1.29, 1.82) is 0 Å². The van der Waals surface area contributed by atoms with E-state index < -0.39 is 6.09 Å². The molecule has 2 rings (SSSR count). The second-order valence-electron chi connectivity index (χ2n) is 3.90. The molecule has 1 N–H and O–H groups in total. The molecule has 88 valence electrons. The van der Waals surface area contributed by atoms with Crippen LogP contribution in [0.25, 0.3) is 0 Å². The summed E-state index contributed by atoms with van der Waals surface area (Å²) in [6.45, 7) is 1.03. The van der Waals surface area contributed by atoms with Crippen molar-refractivity contribution in [2.75, 3.05) is 13.1 Å². The lowest BCUT2D eigenvalue weighted by molar-refractivity contribution is 0.0744. The molecule has 1 aromatic rings. The molecule has 0 spiro atoms. The first-order chi connectivity index (χ1) is 7.66. The Labute approximate surface area is 93.4 Å². The fourth-order valence-corrected chi connectivity index (χ4v) is 1.86. The smallest absolute Gasteiger partial charge is 0.407 e. The molecule has 16 heavy (non-hydrogen) atoms. The van der Waals surface area contributed by atoms with E-state index in [1.165, 1.54) is 4.90 Å². The number of ether oxygens (including phenoxy) is 1. The third-order valence-electron chi connectivity index (χ3n) is 2.71. The molecule has 0 saturated carbocycles. The summed E-state index contributed by atoms with van der Waals surface area (Å²) in [6.07, 6.45) is 2.44. The van der Waals surface area contributed by atoms with Crippen molar-refractivity contribution in [2.24, 2.45) is 7.05 Å². The van der Waals surface area contributed by atoms with Crippen LogP contribution in [0.1, 0.15) is 12.8 Å². The Morgan fingerprint density at radius 3 is 3.12 bits per heavy atom. The van der Waals surface area contributed by atoms with Gasteiger partial charge in [0.2, 0.25) is 5.88 Å². The summed E-state index contributed by atoms with van der Waals surface area (Å²) in [5.41, 5.74) is 0. The van der Waals surface area contributed by atoms with Crippen LogP contribution in [-0.2, 0) is 7.05 Å². The standard InChI is InChI=1S/C10H15N3O3/c1-12-9(4-5-11-12)16-8-3-2-6-13(7-8)10(14)15/h4-5,8H,2-3,6-7H2,1H3,(H,14,15)/t8-/m1/s1. The number of likely N-dealkylation sites (tertiary alicyclic amines) is 1. The van der Waals surface area contributed by atoms with Crippen molar-refractivity contribution < 1.29 is 14.6 Å². The predicted molar refractivity (Wildman–Crippen MR) is 56.5 cm³/mol. The molecule has 2 heterocycles. The van der Waals surface area contributed by atoms with Crippen LogP contribution in [0, 0.1) is 0 Å². The number of amides is 1. The maximum atomic E-state index is 10.8. The first kappa shape index (κ1) is 10.8. The van der Waals surface area contributed by atoms with Gasteiger partial charge in [-0.25, -0.2) is 9.48 Å². The predicted octanol–water partition coefficient (Wildman–Crippen LogP) is 0.941. The number of rotatable bonds is 2. The number of nitrogens with zero attached hydrogens (tertiary/aromatic N) is 3. The average Bonchev–Trinajstić information content (AvgIpc) is 2.65. The second kappa shape index (κ2) is 4.42. The molecule has 0 radical (unpaired) electrons. The van der Waals surface area contributed by atoms with Gasteiger partial charge in [-0.3, -0.25) is 0 Å². The number of hydrogen-bond donors (Lipinski definition) is 1. The SMILES string of the molecule is Cn1nccc1O[C@@H]1CCCN(C(=O)O)C1. The number of hydrogen-bond acceptors (Lipinski definition) is 3. The highest BCUT2D eigenvalue weighted by molar-refractivity contribution is 5.65. The Morgan fingerprint density at radius 1 is 1.69 bits per heavy atom. The van der Waals surface area contributed by atoms with E-state index in [0.717, 1.165) is 12.8 Å². The number of aryl methyl sites for hydroxylation is 1. The molecular formula is C10H15N3O3. The minimum absolute atomic E-state index is 0.0692. The minimum Gasteiger partial charge on any atom is -0.473 e. The van der Waals surface area contributed by atoms with Crippen molar-refractivity contribution in [3.05, 3.63) is 12.3 Å². The normalized spacial score (nSPS) is 20.8. The number of carboxylic acid groups (broad SMARTS) is 1. The highest BCUT2D eigenvalue weighted by atomic mass is 16.5.